The number of rotatable bonds is 7. The number of para-hydroxylation sites is 3. The van der Waals surface area contributed by atoms with Gasteiger partial charge in [0.15, 0.2) is 0 Å². The summed E-state index contributed by atoms with van der Waals surface area (Å²) in [6.45, 7) is -0.345. The van der Waals surface area contributed by atoms with Crippen molar-refractivity contribution in [2.75, 3.05) is 35.8 Å². The fourth-order valence-electron chi connectivity index (χ4n) is 2.28. The van der Waals surface area contributed by atoms with Gasteiger partial charge in [0.2, 0.25) is 15.9 Å². The van der Waals surface area contributed by atoms with Crippen LogP contribution in [0.3, 0.4) is 0 Å². The molecule has 0 heterocycles. The van der Waals surface area contributed by atoms with Gasteiger partial charge >= 0.3 is 0 Å². The Hall–Kier alpha value is -2.19. The summed E-state index contributed by atoms with van der Waals surface area (Å²) in [5.41, 5.74) is 0.967. The number of sulfonamides is 1. The smallest absolute Gasteiger partial charge is 0.245 e. The summed E-state index contributed by atoms with van der Waals surface area (Å²) in [6.07, 6.45) is 2.96. The largest absolute Gasteiger partial charge is 0.495 e. The van der Waals surface area contributed by atoms with Gasteiger partial charge in [-0.25, -0.2) is 8.42 Å². The molecule has 2 rings (SSSR count). The van der Waals surface area contributed by atoms with Gasteiger partial charge in [-0.2, -0.15) is 0 Å². The fourth-order valence-corrected chi connectivity index (χ4v) is 3.70. The second-order valence-corrected chi connectivity index (χ2v) is 7.94. The minimum absolute atomic E-state index is 0.320. The first kappa shape index (κ1) is 19.1. The number of hydrogen-bond donors (Lipinski definition) is 1. The number of hydrogen-bond acceptors (Lipinski definition) is 5. The van der Waals surface area contributed by atoms with E-state index in [0.29, 0.717) is 17.1 Å². The normalized spacial score (nSPS) is 11.0. The summed E-state index contributed by atoms with van der Waals surface area (Å²) < 4.78 is 30.6. The first-order valence-corrected chi connectivity index (χ1v) is 10.5. The molecule has 0 unspecified atom stereocenters. The second kappa shape index (κ2) is 8.26. The number of thioether (sulfide) groups is 1. The fraction of sp³-hybridized carbons (Fsp3) is 0.235. The van der Waals surface area contributed by atoms with Gasteiger partial charge in [-0.1, -0.05) is 24.3 Å². The van der Waals surface area contributed by atoms with Crippen LogP contribution in [0.25, 0.3) is 0 Å². The van der Waals surface area contributed by atoms with Crippen LogP contribution in [0.5, 0.6) is 5.75 Å². The molecule has 0 spiro atoms. The van der Waals surface area contributed by atoms with E-state index in [1.807, 2.05) is 24.5 Å². The average molecular weight is 380 g/mol. The molecular weight excluding hydrogens is 360 g/mol. The Kier molecular flexibility index (Phi) is 6.33. The number of nitrogens with one attached hydrogen (secondary N) is 1. The zero-order chi connectivity index (χ0) is 18.4. The molecule has 0 aliphatic carbocycles. The van der Waals surface area contributed by atoms with Crippen molar-refractivity contribution in [3.63, 3.8) is 0 Å². The van der Waals surface area contributed by atoms with Gasteiger partial charge in [-0.05, 0) is 30.5 Å². The van der Waals surface area contributed by atoms with Crippen molar-refractivity contribution in [1.29, 1.82) is 0 Å². The minimum atomic E-state index is -3.67. The van der Waals surface area contributed by atoms with Crippen molar-refractivity contribution in [3.8, 4) is 5.75 Å². The van der Waals surface area contributed by atoms with Gasteiger partial charge in [0, 0.05) is 4.90 Å². The van der Waals surface area contributed by atoms with Crippen LogP contribution >= 0.6 is 11.8 Å². The molecule has 2 aromatic carbocycles. The monoisotopic (exact) mass is 380 g/mol. The molecule has 0 saturated carbocycles. The molecule has 1 N–H and O–H groups in total. The lowest BCUT2D eigenvalue weighted by molar-refractivity contribution is -0.114. The predicted molar refractivity (Wildman–Crippen MR) is 102 cm³/mol. The number of anilines is 2. The second-order valence-electron chi connectivity index (χ2n) is 5.19. The Morgan fingerprint density at radius 3 is 2.44 bits per heavy atom. The molecule has 0 saturated heterocycles. The molecule has 1 amide bonds. The summed E-state index contributed by atoms with van der Waals surface area (Å²) in [7, 11) is -2.21. The highest BCUT2D eigenvalue weighted by Gasteiger charge is 2.24. The van der Waals surface area contributed by atoms with Gasteiger partial charge in [-0.15, -0.1) is 11.8 Å². The molecule has 0 bridgehead atoms. The molecule has 0 atom stereocenters. The molecule has 0 aromatic heterocycles. The van der Waals surface area contributed by atoms with Crippen LogP contribution in [0, 0.1) is 0 Å². The highest BCUT2D eigenvalue weighted by atomic mass is 32.2. The maximum absolute atomic E-state index is 12.4. The Morgan fingerprint density at radius 2 is 1.80 bits per heavy atom. The van der Waals surface area contributed by atoms with Crippen molar-refractivity contribution in [3.05, 3.63) is 48.5 Å². The standard InChI is InChI=1S/C17H20N2O4S2/c1-23-15-10-6-5-9-14(15)19(25(3,21)22)12-17(20)18-13-8-4-7-11-16(13)24-2/h4-11H,12H2,1-3H3,(H,18,20). The third-order valence-electron chi connectivity index (χ3n) is 3.42. The van der Waals surface area contributed by atoms with E-state index in [9.17, 15) is 13.2 Å². The van der Waals surface area contributed by atoms with E-state index >= 15 is 0 Å². The lowest BCUT2D eigenvalue weighted by Crippen LogP contribution is -2.37. The number of carbonyl (C=O) groups excluding carboxylic acids is 1. The Morgan fingerprint density at radius 1 is 1.16 bits per heavy atom. The lowest BCUT2D eigenvalue weighted by atomic mass is 10.3. The predicted octanol–water partition coefficient (Wildman–Crippen LogP) is 2.82. The van der Waals surface area contributed by atoms with E-state index in [-0.39, 0.29) is 6.54 Å². The molecule has 6 nitrogen and oxygen atoms in total. The number of benzene rings is 2. The van der Waals surface area contributed by atoms with Crippen LogP contribution in [0.4, 0.5) is 11.4 Å². The average Bonchev–Trinajstić information content (AvgIpc) is 2.59. The van der Waals surface area contributed by atoms with Gasteiger partial charge < -0.3 is 10.1 Å². The summed E-state index contributed by atoms with van der Waals surface area (Å²) in [4.78, 5) is 13.3. The quantitative estimate of drug-likeness (QED) is 0.748. The summed E-state index contributed by atoms with van der Waals surface area (Å²) in [5.74, 6) is -0.0527. The molecule has 134 valence electrons. The van der Waals surface area contributed by atoms with Crippen molar-refractivity contribution in [2.24, 2.45) is 0 Å². The Balaban J connectivity index is 2.28. The van der Waals surface area contributed by atoms with E-state index in [1.165, 1.54) is 18.9 Å². The van der Waals surface area contributed by atoms with E-state index in [0.717, 1.165) is 15.5 Å². The number of amides is 1. The summed E-state index contributed by atoms with van der Waals surface area (Å²) >= 11 is 1.50. The lowest BCUT2D eigenvalue weighted by Gasteiger charge is -2.23. The van der Waals surface area contributed by atoms with E-state index in [2.05, 4.69) is 5.32 Å². The molecule has 0 radical (unpaired) electrons. The number of methoxy groups -OCH3 is 1. The third-order valence-corrected chi connectivity index (χ3v) is 5.34. The first-order valence-electron chi connectivity index (χ1n) is 7.40. The Bertz CT molecular complexity index is 853. The minimum Gasteiger partial charge on any atom is -0.495 e. The molecule has 25 heavy (non-hydrogen) atoms. The SMILES string of the molecule is COc1ccccc1N(CC(=O)Nc1ccccc1SC)S(C)(=O)=O. The molecule has 2 aromatic rings. The number of carbonyl (C=O) groups is 1. The van der Waals surface area contributed by atoms with Gasteiger partial charge in [0.1, 0.15) is 12.3 Å². The van der Waals surface area contributed by atoms with Crippen molar-refractivity contribution in [1.82, 2.24) is 0 Å². The molecule has 0 aliphatic heterocycles. The highest BCUT2D eigenvalue weighted by molar-refractivity contribution is 7.98. The highest BCUT2D eigenvalue weighted by Crippen LogP contribution is 2.30. The van der Waals surface area contributed by atoms with Crippen LogP contribution in [-0.2, 0) is 14.8 Å². The molecule has 8 heteroatoms. The third kappa shape index (κ3) is 4.90. The Labute approximate surface area is 152 Å². The van der Waals surface area contributed by atoms with Crippen molar-refractivity contribution in [2.45, 2.75) is 4.90 Å². The molecular formula is C17H20N2O4S2. The van der Waals surface area contributed by atoms with Crippen LogP contribution in [0.15, 0.2) is 53.4 Å². The van der Waals surface area contributed by atoms with Gasteiger partial charge in [0.25, 0.3) is 0 Å². The summed E-state index contributed by atoms with van der Waals surface area (Å²) in [6, 6.07) is 14.0. The van der Waals surface area contributed by atoms with E-state index in [4.69, 9.17) is 4.74 Å². The summed E-state index contributed by atoms with van der Waals surface area (Å²) in [5, 5.41) is 2.76. The van der Waals surface area contributed by atoms with Crippen LogP contribution in [0.1, 0.15) is 0 Å². The van der Waals surface area contributed by atoms with Crippen molar-refractivity contribution >= 4 is 39.1 Å². The molecule has 0 fully saturated rings. The first-order chi connectivity index (χ1) is 11.9. The van der Waals surface area contributed by atoms with E-state index < -0.39 is 15.9 Å². The topological polar surface area (TPSA) is 75.7 Å². The van der Waals surface area contributed by atoms with Crippen LogP contribution < -0.4 is 14.4 Å². The number of nitrogens with zero attached hydrogens (tertiary/aromatic N) is 1. The van der Waals surface area contributed by atoms with E-state index in [1.54, 1.807) is 30.3 Å². The van der Waals surface area contributed by atoms with Crippen LogP contribution in [0.2, 0.25) is 0 Å². The maximum Gasteiger partial charge on any atom is 0.245 e. The van der Waals surface area contributed by atoms with Gasteiger partial charge in [-0.3, -0.25) is 9.10 Å². The molecule has 0 aliphatic rings. The van der Waals surface area contributed by atoms with Gasteiger partial charge in [0.05, 0.1) is 24.7 Å². The van der Waals surface area contributed by atoms with Crippen molar-refractivity contribution < 1.29 is 17.9 Å². The zero-order valence-electron chi connectivity index (χ0n) is 14.2. The van der Waals surface area contributed by atoms with Crippen LogP contribution in [-0.4, -0.2) is 40.5 Å². The number of ether oxygens (including phenoxy) is 1. The maximum atomic E-state index is 12.4. The zero-order valence-corrected chi connectivity index (χ0v) is 15.9.